The maximum absolute atomic E-state index is 12.0. The first-order chi connectivity index (χ1) is 13.5. The molecule has 0 saturated heterocycles. The molecule has 28 heavy (non-hydrogen) atoms. The van der Waals surface area contributed by atoms with Gasteiger partial charge in [0.2, 0.25) is 5.91 Å². The highest BCUT2D eigenvalue weighted by Crippen LogP contribution is 2.18. The number of aliphatic imine (C=N–C) groups is 1. The monoisotopic (exact) mass is 382 g/mol. The molecule has 2 rings (SSSR count). The topological polar surface area (TPSA) is 57.2 Å². The number of hydrogen-bond acceptors (Lipinski definition) is 3. The van der Waals surface area contributed by atoms with Gasteiger partial charge >= 0.3 is 0 Å². The minimum Gasteiger partial charge on any atom is -0.496 e. The Morgan fingerprint density at radius 3 is 2.39 bits per heavy atom. The Bertz CT molecular complexity index is 775. The van der Waals surface area contributed by atoms with Crippen LogP contribution < -0.4 is 10.1 Å². The van der Waals surface area contributed by atoms with E-state index in [-0.39, 0.29) is 12.5 Å². The number of amides is 1. The second-order valence-electron chi connectivity index (χ2n) is 6.76. The third-order valence-electron chi connectivity index (χ3n) is 4.36. The molecule has 0 bridgehead atoms. The summed E-state index contributed by atoms with van der Waals surface area (Å²) in [6, 6.07) is 18.2. The van der Waals surface area contributed by atoms with Crippen LogP contribution in [0.2, 0.25) is 0 Å². The van der Waals surface area contributed by atoms with Gasteiger partial charge in [0.05, 0.1) is 7.11 Å². The van der Waals surface area contributed by atoms with Crippen LogP contribution in [0.15, 0.2) is 59.6 Å². The van der Waals surface area contributed by atoms with E-state index in [1.807, 2.05) is 54.4 Å². The first kappa shape index (κ1) is 21.3. The number of likely N-dealkylation sites (N-methyl/N-ethyl adjacent to an activating group) is 1. The molecule has 6 heteroatoms. The zero-order chi connectivity index (χ0) is 20.4. The Labute approximate surface area is 167 Å². The van der Waals surface area contributed by atoms with E-state index in [1.165, 1.54) is 5.56 Å². The number of carbonyl (C=O) groups excluding carboxylic acids is 1. The number of rotatable bonds is 8. The molecule has 0 aliphatic rings. The SMILES string of the molecule is COc1ccccc1CN(C)C(=NCC(=O)N(C)C)NCCc1ccccc1. The van der Waals surface area contributed by atoms with E-state index in [0.29, 0.717) is 12.5 Å². The summed E-state index contributed by atoms with van der Waals surface area (Å²) in [7, 11) is 7.10. The molecular formula is C22H30N4O2. The number of methoxy groups -OCH3 is 1. The van der Waals surface area contributed by atoms with Crippen LogP contribution in [-0.4, -0.2) is 63.0 Å². The number of para-hydroxylation sites is 1. The summed E-state index contributed by atoms with van der Waals surface area (Å²) in [6.45, 7) is 1.46. The van der Waals surface area contributed by atoms with Crippen LogP contribution in [0.1, 0.15) is 11.1 Å². The Balaban J connectivity index is 2.07. The largest absolute Gasteiger partial charge is 0.496 e. The number of hydrogen-bond donors (Lipinski definition) is 1. The van der Waals surface area contributed by atoms with Gasteiger partial charge in [-0.15, -0.1) is 0 Å². The first-order valence-corrected chi connectivity index (χ1v) is 9.36. The van der Waals surface area contributed by atoms with Gasteiger partial charge in [-0.3, -0.25) is 4.79 Å². The minimum atomic E-state index is -0.0342. The van der Waals surface area contributed by atoms with Gasteiger partial charge in [0.1, 0.15) is 12.3 Å². The van der Waals surface area contributed by atoms with Crippen LogP contribution in [0.25, 0.3) is 0 Å². The van der Waals surface area contributed by atoms with Gasteiger partial charge in [0.25, 0.3) is 0 Å². The molecule has 150 valence electrons. The second-order valence-corrected chi connectivity index (χ2v) is 6.76. The van der Waals surface area contributed by atoms with Crippen LogP contribution in [0, 0.1) is 0 Å². The van der Waals surface area contributed by atoms with E-state index in [2.05, 4.69) is 22.4 Å². The predicted molar refractivity (Wildman–Crippen MR) is 114 cm³/mol. The molecule has 1 N–H and O–H groups in total. The van der Waals surface area contributed by atoms with Crippen molar-refractivity contribution in [2.75, 3.05) is 41.3 Å². The van der Waals surface area contributed by atoms with Crippen molar-refractivity contribution in [3.05, 3.63) is 65.7 Å². The van der Waals surface area contributed by atoms with Gasteiger partial charge in [-0.25, -0.2) is 4.99 Å². The summed E-state index contributed by atoms with van der Waals surface area (Å²) in [5, 5.41) is 3.38. The molecule has 0 unspecified atom stereocenters. The highest BCUT2D eigenvalue weighted by atomic mass is 16.5. The summed E-state index contributed by atoms with van der Waals surface area (Å²) in [5.41, 5.74) is 2.31. The number of carbonyl (C=O) groups is 1. The summed E-state index contributed by atoms with van der Waals surface area (Å²) in [4.78, 5) is 20.1. The van der Waals surface area contributed by atoms with Gasteiger partial charge in [-0.2, -0.15) is 0 Å². The first-order valence-electron chi connectivity index (χ1n) is 9.36. The van der Waals surface area contributed by atoms with Crippen molar-refractivity contribution in [1.29, 1.82) is 0 Å². The van der Waals surface area contributed by atoms with Crippen LogP contribution in [0.3, 0.4) is 0 Å². The van der Waals surface area contributed by atoms with E-state index in [1.54, 1.807) is 26.1 Å². The van der Waals surface area contributed by atoms with E-state index >= 15 is 0 Å². The van der Waals surface area contributed by atoms with Crippen molar-refractivity contribution in [1.82, 2.24) is 15.1 Å². The molecule has 2 aromatic carbocycles. The fourth-order valence-corrected chi connectivity index (χ4v) is 2.72. The normalized spacial score (nSPS) is 11.1. The van der Waals surface area contributed by atoms with Crippen LogP contribution in [-0.2, 0) is 17.8 Å². The summed E-state index contributed by atoms with van der Waals surface area (Å²) >= 11 is 0. The van der Waals surface area contributed by atoms with E-state index in [9.17, 15) is 4.79 Å². The van der Waals surface area contributed by atoms with Gasteiger partial charge in [0.15, 0.2) is 5.96 Å². The molecule has 0 fully saturated rings. The third kappa shape index (κ3) is 6.61. The number of benzene rings is 2. The van der Waals surface area contributed by atoms with Gasteiger partial charge in [-0.05, 0) is 18.1 Å². The number of nitrogens with zero attached hydrogens (tertiary/aromatic N) is 3. The highest BCUT2D eigenvalue weighted by Gasteiger charge is 2.12. The molecule has 6 nitrogen and oxygen atoms in total. The molecule has 0 spiro atoms. The van der Waals surface area contributed by atoms with Crippen LogP contribution in [0.4, 0.5) is 0 Å². The summed E-state index contributed by atoms with van der Waals surface area (Å²) in [6.07, 6.45) is 0.879. The number of guanidine groups is 1. The van der Waals surface area contributed by atoms with Crippen molar-refractivity contribution in [2.24, 2.45) is 4.99 Å². The lowest BCUT2D eigenvalue weighted by Gasteiger charge is -2.24. The third-order valence-corrected chi connectivity index (χ3v) is 4.36. The zero-order valence-electron chi connectivity index (χ0n) is 17.2. The molecule has 0 radical (unpaired) electrons. The van der Waals surface area contributed by atoms with Crippen LogP contribution >= 0.6 is 0 Å². The Morgan fingerprint density at radius 1 is 1.04 bits per heavy atom. The highest BCUT2D eigenvalue weighted by molar-refractivity contribution is 5.84. The smallest absolute Gasteiger partial charge is 0.243 e. The average molecular weight is 383 g/mol. The van der Waals surface area contributed by atoms with Gasteiger partial charge < -0.3 is 19.9 Å². The maximum atomic E-state index is 12.0. The molecule has 0 aliphatic heterocycles. The molecule has 0 atom stereocenters. The summed E-state index contributed by atoms with van der Waals surface area (Å²) < 4.78 is 5.45. The zero-order valence-corrected chi connectivity index (χ0v) is 17.2. The number of ether oxygens (including phenoxy) is 1. The lowest BCUT2D eigenvalue weighted by Crippen LogP contribution is -2.40. The molecular weight excluding hydrogens is 352 g/mol. The Morgan fingerprint density at radius 2 is 1.71 bits per heavy atom. The molecule has 0 heterocycles. The van der Waals surface area contributed by atoms with Crippen molar-refractivity contribution in [3.8, 4) is 5.75 Å². The van der Waals surface area contributed by atoms with Crippen molar-refractivity contribution >= 4 is 11.9 Å². The molecule has 2 aromatic rings. The Hall–Kier alpha value is -3.02. The molecule has 1 amide bonds. The van der Waals surface area contributed by atoms with Crippen LogP contribution in [0.5, 0.6) is 5.75 Å². The predicted octanol–water partition coefficient (Wildman–Crippen LogP) is 2.40. The maximum Gasteiger partial charge on any atom is 0.243 e. The van der Waals surface area contributed by atoms with Gasteiger partial charge in [0, 0.05) is 39.8 Å². The quantitative estimate of drug-likeness (QED) is 0.563. The molecule has 0 aliphatic carbocycles. The average Bonchev–Trinajstić information content (AvgIpc) is 2.71. The summed E-state index contributed by atoms with van der Waals surface area (Å²) in [5.74, 6) is 1.49. The standard InChI is InChI=1S/C22H30N4O2/c1-25(2)21(27)16-24-22(23-15-14-18-10-6-5-7-11-18)26(3)17-19-12-8-9-13-20(19)28-4/h5-13H,14-17H2,1-4H3,(H,23,24). The fraction of sp³-hybridized carbons (Fsp3) is 0.364. The minimum absolute atomic E-state index is 0.0342. The fourth-order valence-electron chi connectivity index (χ4n) is 2.72. The molecule has 0 saturated carbocycles. The second kappa shape index (κ2) is 11.0. The lowest BCUT2D eigenvalue weighted by molar-refractivity contribution is -0.127. The van der Waals surface area contributed by atoms with E-state index in [0.717, 1.165) is 24.3 Å². The van der Waals surface area contributed by atoms with Crippen molar-refractivity contribution < 1.29 is 9.53 Å². The van der Waals surface area contributed by atoms with Crippen molar-refractivity contribution in [3.63, 3.8) is 0 Å². The number of nitrogens with one attached hydrogen (secondary N) is 1. The molecule has 0 aromatic heterocycles. The Kier molecular flexibility index (Phi) is 8.34. The van der Waals surface area contributed by atoms with E-state index in [4.69, 9.17) is 4.74 Å². The van der Waals surface area contributed by atoms with Gasteiger partial charge in [-0.1, -0.05) is 48.5 Å². The van der Waals surface area contributed by atoms with E-state index < -0.39 is 0 Å². The van der Waals surface area contributed by atoms with Crippen molar-refractivity contribution in [2.45, 2.75) is 13.0 Å². The lowest BCUT2D eigenvalue weighted by atomic mass is 10.1.